The zero-order valence-corrected chi connectivity index (χ0v) is 20.4. The van der Waals surface area contributed by atoms with Crippen LogP contribution >= 0.6 is 0 Å². The summed E-state index contributed by atoms with van der Waals surface area (Å²) in [5.41, 5.74) is 12.6. The van der Waals surface area contributed by atoms with Crippen molar-refractivity contribution in [2.75, 3.05) is 6.54 Å². The minimum atomic E-state index is -0.998. The molecule has 1 spiro atoms. The molecule has 3 aromatic carbocycles. The number of carbonyl (C=O) groups is 1. The van der Waals surface area contributed by atoms with Gasteiger partial charge in [-0.3, -0.25) is 9.69 Å². The third kappa shape index (κ3) is 2.71. The van der Waals surface area contributed by atoms with Crippen molar-refractivity contribution in [2.45, 2.75) is 62.3 Å². The monoisotopic (exact) mass is 482 g/mol. The number of nitrogens with zero attached hydrogens (tertiary/aromatic N) is 1. The van der Waals surface area contributed by atoms with Gasteiger partial charge in [0.2, 0.25) is 0 Å². The molecule has 1 saturated heterocycles. The summed E-state index contributed by atoms with van der Waals surface area (Å²) in [6.45, 7) is 3.64. The average molecular weight is 483 g/mol. The van der Waals surface area contributed by atoms with Crippen molar-refractivity contribution in [3.8, 4) is 22.6 Å². The molecule has 0 amide bonds. The van der Waals surface area contributed by atoms with Crippen molar-refractivity contribution in [3.05, 3.63) is 82.4 Å². The van der Waals surface area contributed by atoms with Gasteiger partial charge in [0.05, 0.1) is 0 Å². The second-order valence-electron chi connectivity index (χ2n) is 11.3. The van der Waals surface area contributed by atoms with Crippen LogP contribution < -0.4 is 10.5 Å². The number of hydrogen-bond donors (Lipinski definition) is 3. The van der Waals surface area contributed by atoms with Gasteiger partial charge in [0.15, 0.2) is 0 Å². The number of aliphatic carboxylic acids is 1. The number of piperidine rings is 1. The predicted octanol–water partition coefficient (Wildman–Crippen LogP) is 4.27. The number of rotatable bonds is 5. The van der Waals surface area contributed by atoms with Gasteiger partial charge in [0.25, 0.3) is 0 Å². The molecule has 2 fully saturated rings. The maximum atomic E-state index is 12.2. The molecule has 36 heavy (non-hydrogen) atoms. The highest BCUT2D eigenvalue weighted by Crippen LogP contribution is 2.66. The number of hydrogen-bond acceptors (Lipinski definition) is 5. The van der Waals surface area contributed by atoms with Crippen molar-refractivity contribution >= 4 is 5.97 Å². The fourth-order valence-electron chi connectivity index (χ4n) is 7.67. The highest BCUT2D eigenvalue weighted by Gasteiger charge is 2.79. The molecule has 6 heteroatoms. The molecule has 6 nitrogen and oxygen atoms in total. The minimum Gasteiger partial charge on any atom is -0.507 e. The van der Waals surface area contributed by atoms with E-state index in [0.29, 0.717) is 32.5 Å². The fraction of sp³-hybridized carbons (Fsp3) is 0.367. The second kappa shape index (κ2) is 7.11. The van der Waals surface area contributed by atoms with Gasteiger partial charge in [-0.25, -0.2) is 0 Å². The molecule has 4 N–H and O–H groups in total. The van der Waals surface area contributed by atoms with Crippen molar-refractivity contribution in [3.63, 3.8) is 0 Å². The van der Waals surface area contributed by atoms with Gasteiger partial charge in [-0.15, -0.1) is 0 Å². The molecule has 4 aliphatic rings. The van der Waals surface area contributed by atoms with E-state index in [0.717, 1.165) is 35.3 Å². The first-order valence-electron chi connectivity index (χ1n) is 12.7. The van der Waals surface area contributed by atoms with Gasteiger partial charge in [-0.05, 0) is 66.0 Å². The van der Waals surface area contributed by atoms with Crippen LogP contribution in [0.15, 0.2) is 54.6 Å². The SMILES string of the molecule is Cc1c(COc2cc(O)c3c4c2CCC42CN(C3)C3(C(=O)O)CC3(N)C2)cccc1-c1ccccc1. The topological polar surface area (TPSA) is 96.0 Å². The van der Waals surface area contributed by atoms with Crippen LogP contribution in [0.25, 0.3) is 11.1 Å². The lowest BCUT2D eigenvalue weighted by molar-refractivity contribution is -0.149. The zero-order valence-electron chi connectivity index (χ0n) is 20.4. The Bertz CT molecular complexity index is 1440. The molecule has 2 bridgehead atoms. The second-order valence-corrected chi connectivity index (χ2v) is 11.3. The quantitative estimate of drug-likeness (QED) is 0.503. The Kier molecular flexibility index (Phi) is 4.33. The summed E-state index contributed by atoms with van der Waals surface area (Å²) in [5.74, 6) is 0.0901. The maximum Gasteiger partial charge on any atom is 0.326 e. The van der Waals surface area contributed by atoms with E-state index in [1.54, 1.807) is 6.07 Å². The van der Waals surface area contributed by atoms with E-state index in [2.05, 4.69) is 37.3 Å². The Morgan fingerprint density at radius 3 is 2.69 bits per heavy atom. The minimum absolute atomic E-state index is 0.195. The third-order valence-electron chi connectivity index (χ3n) is 9.44. The maximum absolute atomic E-state index is 12.2. The molecular weight excluding hydrogens is 452 g/mol. The molecule has 3 aromatic rings. The molecule has 0 aromatic heterocycles. The van der Waals surface area contributed by atoms with E-state index in [9.17, 15) is 15.0 Å². The fourth-order valence-corrected chi connectivity index (χ4v) is 7.67. The molecule has 4 unspecified atom stereocenters. The van der Waals surface area contributed by atoms with Crippen LogP contribution in [0.1, 0.15) is 47.1 Å². The average Bonchev–Trinajstić information content (AvgIpc) is 3.35. The summed E-state index contributed by atoms with van der Waals surface area (Å²) in [4.78, 5) is 14.3. The summed E-state index contributed by atoms with van der Waals surface area (Å²) < 4.78 is 6.42. The van der Waals surface area contributed by atoms with E-state index < -0.39 is 17.0 Å². The Balaban J connectivity index is 1.23. The number of aromatic hydroxyl groups is 1. The van der Waals surface area contributed by atoms with Crippen LogP contribution in [0.3, 0.4) is 0 Å². The number of carboxylic acids is 1. The Morgan fingerprint density at radius 2 is 1.92 bits per heavy atom. The number of ether oxygens (including phenoxy) is 1. The summed E-state index contributed by atoms with van der Waals surface area (Å²) in [6, 6.07) is 18.4. The lowest BCUT2D eigenvalue weighted by Gasteiger charge is -2.51. The Morgan fingerprint density at radius 1 is 1.11 bits per heavy atom. The molecule has 2 aliphatic heterocycles. The van der Waals surface area contributed by atoms with E-state index in [1.165, 1.54) is 22.3 Å². The van der Waals surface area contributed by atoms with Crippen molar-refractivity contribution in [1.82, 2.24) is 4.90 Å². The molecule has 184 valence electrons. The van der Waals surface area contributed by atoms with Gasteiger partial charge < -0.3 is 20.7 Å². The largest absolute Gasteiger partial charge is 0.507 e. The van der Waals surface area contributed by atoms with E-state index in [-0.39, 0.29) is 11.2 Å². The van der Waals surface area contributed by atoms with Crippen molar-refractivity contribution in [1.29, 1.82) is 0 Å². The molecule has 2 heterocycles. The molecule has 1 saturated carbocycles. The van der Waals surface area contributed by atoms with E-state index in [4.69, 9.17) is 10.5 Å². The summed E-state index contributed by atoms with van der Waals surface area (Å²) in [6.07, 6.45) is 2.87. The van der Waals surface area contributed by atoms with Crippen LogP contribution in [0.5, 0.6) is 11.5 Å². The van der Waals surface area contributed by atoms with Crippen LogP contribution in [0.2, 0.25) is 0 Å². The summed E-state index contributed by atoms with van der Waals surface area (Å²) >= 11 is 0. The van der Waals surface area contributed by atoms with Crippen LogP contribution in [-0.4, -0.2) is 38.7 Å². The molecule has 7 rings (SSSR count). The van der Waals surface area contributed by atoms with Gasteiger partial charge in [0, 0.05) is 35.7 Å². The number of phenols is 1. The standard InChI is InChI=1S/C30H30N2O4/c1-18-20(8-5-9-21(18)19-6-3-2-4-7-19)14-36-25-12-24(33)23-13-32-17-28(11-10-22(25)26(23)28)15-29(31)16-30(29,32)27(34)35/h2-9,12,33H,10-11,13-17,31H2,1H3,(H,34,35). The van der Waals surface area contributed by atoms with Gasteiger partial charge in [-0.2, -0.15) is 0 Å². The van der Waals surface area contributed by atoms with Crippen molar-refractivity contribution in [2.24, 2.45) is 5.73 Å². The summed E-state index contributed by atoms with van der Waals surface area (Å²) in [7, 11) is 0. The third-order valence-corrected chi connectivity index (χ3v) is 9.44. The molecular formula is C30H30N2O4. The lowest BCUT2D eigenvalue weighted by atomic mass is 9.67. The normalized spacial score (nSPS) is 30.9. The highest BCUT2D eigenvalue weighted by molar-refractivity contribution is 5.87. The van der Waals surface area contributed by atoms with Gasteiger partial charge in [0.1, 0.15) is 23.6 Å². The number of carboxylic acid groups (broad SMARTS) is 1. The Labute approximate surface area is 210 Å². The van der Waals surface area contributed by atoms with Crippen LogP contribution in [0.4, 0.5) is 0 Å². The van der Waals surface area contributed by atoms with Crippen LogP contribution in [0, 0.1) is 6.92 Å². The molecule has 4 atom stereocenters. The predicted molar refractivity (Wildman–Crippen MR) is 136 cm³/mol. The van der Waals surface area contributed by atoms with Crippen molar-refractivity contribution < 1.29 is 19.7 Å². The highest BCUT2D eigenvalue weighted by atomic mass is 16.5. The Hall–Kier alpha value is -3.35. The first kappa shape index (κ1) is 21.9. The first-order valence-corrected chi connectivity index (χ1v) is 12.7. The smallest absolute Gasteiger partial charge is 0.326 e. The van der Waals surface area contributed by atoms with Gasteiger partial charge in [-0.1, -0.05) is 48.5 Å². The number of phenolic OH excluding ortho intramolecular Hbond substituents is 1. The first-order chi connectivity index (χ1) is 17.3. The number of nitrogens with two attached hydrogens (primary N) is 1. The van der Waals surface area contributed by atoms with E-state index in [1.807, 2.05) is 23.1 Å². The molecule has 0 radical (unpaired) electrons. The number of fused-ring (bicyclic) bond motifs is 3. The number of benzene rings is 3. The molecule has 2 aliphatic carbocycles. The van der Waals surface area contributed by atoms with E-state index >= 15 is 0 Å². The van der Waals surface area contributed by atoms with Gasteiger partial charge >= 0.3 is 5.97 Å². The van der Waals surface area contributed by atoms with Crippen LogP contribution in [-0.2, 0) is 29.8 Å². The zero-order chi connectivity index (χ0) is 24.9. The lowest BCUT2D eigenvalue weighted by Crippen LogP contribution is -2.64. The summed E-state index contributed by atoms with van der Waals surface area (Å²) in [5, 5.41) is 21.1.